The molecule has 3 N–H and O–H groups in total. The lowest BCUT2D eigenvalue weighted by molar-refractivity contribution is 0.140. The normalized spacial score (nSPS) is 16.5. The molecule has 0 saturated heterocycles. The number of hydrogen-bond acceptors (Lipinski definition) is 5. The van der Waals surface area contributed by atoms with Crippen molar-refractivity contribution in [2.45, 2.75) is 37.8 Å². The van der Waals surface area contributed by atoms with E-state index in [1.54, 1.807) is 0 Å². The molecule has 1 fully saturated rings. The molecule has 5 nitrogen and oxygen atoms in total. The fraction of sp³-hybridized carbons (Fsp3) is 0.429. The molecule has 5 heteroatoms. The molecule has 0 amide bonds. The van der Waals surface area contributed by atoms with Crippen LogP contribution >= 0.6 is 0 Å². The van der Waals surface area contributed by atoms with Crippen LogP contribution in [0.2, 0.25) is 0 Å². The summed E-state index contributed by atoms with van der Waals surface area (Å²) < 4.78 is 4.98. The van der Waals surface area contributed by atoms with Gasteiger partial charge in [-0.05, 0) is 31.2 Å². The molecule has 100 valence electrons. The summed E-state index contributed by atoms with van der Waals surface area (Å²) in [7, 11) is 0. The SMILES string of the molecule is NCc1nc(-c2ccc(CCC3(O)CC3)cc2)no1. The number of aliphatic hydroxyl groups is 1. The zero-order chi connectivity index (χ0) is 13.3. The second kappa shape index (κ2) is 4.75. The maximum atomic E-state index is 9.81. The van der Waals surface area contributed by atoms with Gasteiger partial charge in [0.25, 0.3) is 0 Å². The highest BCUT2D eigenvalue weighted by Crippen LogP contribution is 2.39. The molecule has 1 aliphatic carbocycles. The standard InChI is InChI=1S/C14H17N3O2/c15-9-12-16-13(17-19-12)11-3-1-10(2-4-11)5-6-14(18)7-8-14/h1-4,18H,5-9,15H2. The van der Waals surface area contributed by atoms with Gasteiger partial charge >= 0.3 is 0 Å². The molecule has 0 aliphatic heterocycles. The third-order valence-electron chi connectivity index (χ3n) is 3.56. The van der Waals surface area contributed by atoms with Crippen LogP contribution in [0.25, 0.3) is 11.4 Å². The fourth-order valence-corrected chi connectivity index (χ4v) is 2.05. The zero-order valence-corrected chi connectivity index (χ0v) is 10.7. The van der Waals surface area contributed by atoms with Crippen LogP contribution in [-0.4, -0.2) is 20.8 Å². The van der Waals surface area contributed by atoms with Crippen molar-refractivity contribution in [1.82, 2.24) is 10.1 Å². The molecule has 0 radical (unpaired) electrons. The van der Waals surface area contributed by atoms with Crippen molar-refractivity contribution in [2.24, 2.45) is 5.73 Å². The van der Waals surface area contributed by atoms with E-state index in [2.05, 4.69) is 10.1 Å². The first-order valence-corrected chi connectivity index (χ1v) is 6.53. The van der Waals surface area contributed by atoms with Gasteiger partial charge in [-0.25, -0.2) is 0 Å². The summed E-state index contributed by atoms with van der Waals surface area (Å²) in [5.41, 5.74) is 7.17. The van der Waals surface area contributed by atoms with Gasteiger partial charge in [-0.3, -0.25) is 0 Å². The van der Waals surface area contributed by atoms with Crippen molar-refractivity contribution < 1.29 is 9.63 Å². The monoisotopic (exact) mass is 259 g/mol. The molecule has 3 rings (SSSR count). The minimum absolute atomic E-state index is 0.254. The lowest BCUT2D eigenvalue weighted by Crippen LogP contribution is -2.07. The van der Waals surface area contributed by atoms with Crippen molar-refractivity contribution in [1.29, 1.82) is 0 Å². The van der Waals surface area contributed by atoms with Crippen molar-refractivity contribution in [3.63, 3.8) is 0 Å². The number of benzene rings is 1. The maximum Gasteiger partial charge on any atom is 0.240 e. The number of nitrogens with two attached hydrogens (primary N) is 1. The molecular formula is C14H17N3O2. The van der Waals surface area contributed by atoms with E-state index < -0.39 is 0 Å². The number of rotatable bonds is 5. The second-order valence-corrected chi connectivity index (χ2v) is 5.14. The number of aryl methyl sites for hydroxylation is 1. The molecular weight excluding hydrogens is 242 g/mol. The molecule has 1 heterocycles. The first-order chi connectivity index (χ1) is 9.18. The third-order valence-corrected chi connectivity index (χ3v) is 3.56. The molecule has 0 unspecified atom stereocenters. The van der Waals surface area contributed by atoms with Gasteiger partial charge in [-0.15, -0.1) is 0 Å². The molecule has 1 aromatic heterocycles. The summed E-state index contributed by atoms with van der Waals surface area (Å²) in [5, 5.41) is 13.7. The first kappa shape index (κ1) is 12.3. The Balaban J connectivity index is 1.67. The van der Waals surface area contributed by atoms with E-state index in [1.165, 1.54) is 5.56 Å². The minimum Gasteiger partial charge on any atom is -0.390 e. The van der Waals surface area contributed by atoms with Gasteiger partial charge in [-0.1, -0.05) is 29.4 Å². The Labute approximate surface area is 111 Å². The van der Waals surface area contributed by atoms with Crippen molar-refractivity contribution in [3.8, 4) is 11.4 Å². The van der Waals surface area contributed by atoms with Crippen molar-refractivity contribution in [3.05, 3.63) is 35.7 Å². The van der Waals surface area contributed by atoms with Crippen LogP contribution in [0.1, 0.15) is 30.7 Å². The van der Waals surface area contributed by atoms with Gasteiger partial charge in [0.1, 0.15) is 0 Å². The largest absolute Gasteiger partial charge is 0.390 e. The topological polar surface area (TPSA) is 85.2 Å². The Morgan fingerprint density at radius 3 is 2.58 bits per heavy atom. The highest BCUT2D eigenvalue weighted by Gasteiger charge is 2.39. The van der Waals surface area contributed by atoms with E-state index in [0.29, 0.717) is 11.7 Å². The van der Waals surface area contributed by atoms with Gasteiger partial charge in [0.05, 0.1) is 12.1 Å². The summed E-state index contributed by atoms with van der Waals surface area (Å²) in [5.74, 6) is 1.00. The van der Waals surface area contributed by atoms with Gasteiger partial charge in [-0.2, -0.15) is 4.98 Å². The smallest absolute Gasteiger partial charge is 0.240 e. The van der Waals surface area contributed by atoms with E-state index in [9.17, 15) is 5.11 Å². The molecule has 0 bridgehead atoms. The van der Waals surface area contributed by atoms with Gasteiger partial charge in [0, 0.05) is 5.56 Å². The van der Waals surface area contributed by atoms with Crippen molar-refractivity contribution in [2.75, 3.05) is 0 Å². The Morgan fingerprint density at radius 2 is 2.00 bits per heavy atom. The van der Waals surface area contributed by atoms with Crippen LogP contribution in [0.5, 0.6) is 0 Å². The van der Waals surface area contributed by atoms with Crippen LogP contribution in [0.15, 0.2) is 28.8 Å². The predicted octanol–water partition coefficient (Wildman–Crippen LogP) is 1.65. The van der Waals surface area contributed by atoms with Crippen LogP contribution < -0.4 is 5.73 Å². The van der Waals surface area contributed by atoms with Crippen LogP contribution in [0.3, 0.4) is 0 Å². The molecule has 2 aromatic rings. The molecule has 1 saturated carbocycles. The highest BCUT2D eigenvalue weighted by atomic mass is 16.5. The Bertz CT molecular complexity index is 558. The Hall–Kier alpha value is -1.72. The van der Waals surface area contributed by atoms with Crippen molar-refractivity contribution >= 4 is 0 Å². The van der Waals surface area contributed by atoms with Crippen LogP contribution in [0, 0.1) is 0 Å². The van der Waals surface area contributed by atoms with E-state index in [4.69, 9.17) is 10.3 Å². The van der Waals surface area contributed by atoms with Gasteiger partial charge in [0.15, 0.2) is 0 Å². The van der Waals surface area contributed by atoms with E-state index >= 15 is 0 Å². The Morgan fingerprint density at radius 1 is 1.26 bits per heavy atom. The third kappa shape index (κ3) is 2.83. The van der Waals surface area contributed by atoms with Crippen LogP contribution in [0.4, 0.5) is 0 Å². The minimum atomic E-state index is -0.387. The molecule has 0 atom stereocenters. The summed E-state index contributed by atoms with van der Waals surface area (Å²) in [4.78, 5) is 4.18. The predicted molar refractivity (Wildman–Crippen MR) is 70.1 cm³/mol. The summed E-state index contributed by atoms with van der Waals surface area (Å²) in [6.07, 6.45) is 3.62. The zero-order valence-electron chi connectivity index (χ0n) is 10.7. The van der Waals surface area contributed by atoms with E-state index in [0.717, 1.165) is 31.2 Å². The highest BCUT2D eigenvalue weighted by molar-refractivity contribution is 5.54. The summed E-state index contributed by atoms with van der Waals surface area (Å²) >= 11 is 0. The maximum absolute atomic E-state index is 9.81. The molecule has 1 aromatic carbocycles. The summed E-state index contributed by atoms with van der Waals surface area (Å²) in [6, 6.07) is 8.02. The van der Waals surface area contributed by atoms with E-state index in [1.807, 2.05) is 24.3 Å². The quantitative estimate of drug-likeness (QED) is 0.852. The molecule has 0 spiro atoms. The average molecular weight is 259 g/mol. The number of nitrogens with zero attached hydrogens (tertiary/aromatic N) is 2. The fourth-order valence-electron chi connectivity index (χ4n) is 2.05. The van der Waals surface area contributed by atoms with E-state index in [-0.39, 0.29) is 12.1 Å². The van der Waals surface area contributed by atoms with Gasteiger partial charge < -0.3 is 15.4 Å². The molecule has 1 aliphatic rings. The second-order valence-electron chi connectivity index (χ2n) is 5.14. The lowest BCUT2D eigenvalue weighted by atomic mass is 10.0. The average Bonchev–Trinajstić information content (AvgIpc) is 3.00. The number of hydrogen-bond donors (Lipinski definition) is 2. The molecule has 19 heavy (non-hydrogen) atoms. The van der Waals surface area contributed by atoms with Gasteiger partial charge in [0.2, 0.25) is 11.7 Å². The summed E-state index contributed by atoms with van der Waals surface area (Å²) in [6.45, 7) is 0.254. The lowest BCUT2D eigenvalue weighted by Gasteiger charge is -2.07. The number of aromatic nitrogens is 2. The first-order valence-electron chi connectivity index (χ1n) is 6.53. The Kier molecular flexibility index (Phi) is 3.08. The van der Waals surface area contributed by atoms with Crippen LogP contribution in [-0.2, 0) is 13.0 Å².